The molecule has 6 heteroatoms. The molecule has 4 rings (SSSR count). The van der Waals surface area contributed by atoms with Crippen molar-refractivity contribution < 1.29 is 4.74 Å². The van der Waals surface area contributed by atoms with Crippen LogP contribution in [0.4, 0.5) is 5.82 Å². The van der Waals surface area contributed by atoms with Gasteiger partial charge in [0.2, 0.25) is 0 Å². The van der Waals surface area contributed by atoms with Crippen LogP contribution in [0.1, 0.15) is 81.2 Å². The number of methoxy groups -OCH3 is 1. The summed E-state index contributed by atoms with van der Waals surface area (Å²) in [6.45, 7) is 8.01. The Balaban J connectivity index is 1.72. The van der Waals surface area contributed by atoms with Gasteiger partial charge in [-0.2, -0.15) is 0 Å². The van der Waals surface area contributed by atoms with E-state index in [-0.39, 0.29) is 11.5 Å². The predicted octanol–water partition coefficient (Wildman–Crippen LogP) is 3.87. The minimum atomic E-state index is -0.101. The van der Waals surface area contributed by atoms with Gasteiger partial charge >= 0.3 is 0 Å². The van der Waals surface area contributed by atoms with Gasteiger partial charge in [-0.25, -0.2) is 15.0 Å². The first-order valence-electron chi connectivity index (χ1n) is 10.6. The topological polar surface area (TPSA) is 56.1 Å². The lowest BCUT2D eigenvalue weighted by Gasteiger charge is -2.28. The number of imidazole rings is 1. The molecule has 1 fully saturated rings. The second-order valence-corrected chi connectivity index (χ2v) is 9.21. The minimum Gasteiger partial charge on any atom is -0.378 e. The van der Waals surface area contributed by atoms with E-state index >= 15 is 0 Å². The van der Waals surface area contributed by atoms with Crippen molar-refractivity contribution in [3.8, 4) is 0 Å². The second-order valence-electron chi connectivity index (χ2n) is 9.21. The quantitative estimate of drug-likeness (QED) is 0.802. The lowest BCUT2D eigenvalue weighted by molar-refractivity contribution is 0.181. The average molecular weight is 384 g/mol. The number of rotatable bonds is 4. The number of fused-ring (bicyclic) bond motifs is 1. The van der Waals surface area contributed by atoms with Crippen LogP contribution in [0.15, 0.2) is 6.07 Å². The summed E-state index contributed by atoms with van der Waals surface area (Å²) in [6.07, 6.45) is 7.11. The standard InChI is InChI=1S/C22H33N5O/c1-22(2,3)21-23-15(14-28-5)13-19(25-21)27-12-8-11-18(27)20-24-16-9-6-7-10-17(16)26(20)4/h13,18H,6-12,14H2,1-5H3/t18-/m1/s1. The molecule has 2 aromatic heterocycles. The van der Waals surface area contributed by atoms with Crippen LogP contribution >= 0.6 is 0 Å². The first-order valence-corrected chi connectivity index (χ1v) is 10.6. The molecule has 0 spiro atoms. The van der Waals surface area contributed by atoms with E-state index in [1.807, 2.05) is 0 Å². The highest BCUT2D eigenvalue weighted by atomic mass is 16.5. The van der Waals surface area contributed by atoms with Gasteiger partial charge in [0.1, 0.15) is 17.5 Å². The molecule has 1 aliphatic heterocycles. The van der Waals surface area contributed by atoms with Crippen LogP contribution in [0, 0.1) is 0 Å². The fourth-order valence-electron chi connectivity index (χ4n) is 4.50. The maximum absolute atomic E-state index is 5.37. The van der Waals surface area contributed by atoms with E-state index in [0.29, 0.717) is 6.61 Å². The molecule has 1 saturated heterocycles. The highest BCUT2D eigenvalue weighted by molar-refractivity contribution is 5.44. The van der Waals surface area contributed by atoms with Crippen LogP contribution in [0.5, 0.6) is 0 Å². The monoisotopic (exact) mass is 383 g/mol. The third-order valence-corrected chi connectivity index (χ3v) is 5.98. The van der Waals surface area contributed by atoms with Crippen LogP contribution in [0.25, 0.3) is 0 Å². The normalized spacial score (nSPS) is 19.9. The molecule has 1 atom stereocenters. The second kappa shape index (κ2) is 7.47. The van der Waals surface area contributed by atoms with Gasteiger partial charge in [0, 0.05) is 37.9 Å². The van der Waals surface area contributed by atoms with Crippen LogP contribution in [-0.2, 0) is 36.6 Å². The molecule has 0 aromatic carbocycles. The molecule has 28 heavy (non-hydrogen) atoms. The zero-order valence-corrected chi connectivity index (χ0v) is 18.0. The molecule has 0 saturated carbocycles. The summed E-state index contributed by atoms with van der Waals surface area (Å²) in [6, 6.07) is 2.38. The van der Waals surface area contributed by atoms with Gasteiger partial charge in [-0.3, -0.25) is 0 Å². The predicted molar refractivity (Wildman–Crippen MR) is 111 cm³/mol. The van der Waals surface area contributed by atoms with E-state index in [4.69, 9.17) is 19.7 Å². The number of aromatic nitrogens is 4. The number of ether oxygens (including phenoxy) is 1. The molecule has 0 amide bonds. The number of anilines is 1. The Morgan fingerprint density at radius 2 is 1.89 bits per heavy atom. The van der Waals surface area contributed by atoms with Crippen molar-refractivity contribution in [3.63, 3.8) is 0 Å². The SMILES string of the molecule is COCc1cc(N2CCC[C@@H]2c2nc3c(n2C)CCCC3)nc(C(C)(C)C)n1. The first-order chi connectivity index (χ1) is 13.4. The summed E-state index contributed by atoms with van der Waals surface area (Å²) in [5, 5.41) is 0. The Labute approximate surface area is 168 Å². The van der Waals surface area contributed by atoms with Gasteiger partial charge in [0.05, 0.1) is 24.0 Å². The van der Waals surface area contributed by atoms with Crippen molar-refractivity contribution >= 4 is 5.82 Å². The van der Waals surface area contributed by atoms with Crippen molar-refractivity contribution in [2.24, 2.45) is 7.05 Å². The van der Waals surface area contributed by atoms with Gasteiger partial charge in [0.25, 0.3) is 0 Å². The van der Waals surface area contributed by atoms with Crippen molar-refractivity contribution in [2.75, 3.05) is 18.6 Å². The van der Waals surface area contributed by atoms with Crippen LogP contribution in [0.3, 0.4) is 0 Å². The Morgan fingerprint density at radius 1 is 1.11 bits per heavy atom. The maximum atomic E-state index is 5.37. The van der Waals surface area contributed by atoms with Crippen molar-refractivity contribution in [3.05, 3.63) is 34.8 Å². The summed E-state index contributed by atoms with van der Waals surface area (Å²) in [5.41, 5.74) is 3.60. The van der Waals surface area contributed by atoms with Crippen molar-refractivity contribution in [1.82, 2.24) is 19.5 Å². The van der Waals surface area contributed by atoms with Gasteiger partial charge < -0.3 is 14.2 Å². The van der Waals surface area contributed by atoms with E-state index in [2.05, 4.69) is 43.4 Å². The molecule has 1 aliphatic carbocycles. The Hall–Kier alpha value is -1.95. The average Bonchev–Trinajstić information content (AvgIpc) is 3.26. The number of hydrogen-bond donors (Lipinski definition) is 0. The zero-order chi connectivity index (χ0) is 19.9. The van der Waals surface area contributed by atoms with Gasteiger partial charge in [-0.05, 0) is 38.5 Å². The third-order valence-electron chi connectivity index (χ3n) is 5.98. The van der Waals surface area contributed by atoms with Crippen molar-refractivity contribution in [1.29, 1.82) is 0 Å². The number of nitrogens with zero attached hydrogens (tertiary/aromatic N) is 5. The number of aryl methyl sites for hydroxylation is 1. The Bertz CT molecular complexity index is 851. The summed E-state index contributed by atoms with van der Waals surface area (Å²) < 4.78 is 7.73. The highest BCUT2D eigenvalue weighted by Crippen LogP contribution is 2.37. The molecule has 2 aromatic rings. The Morgan fingerprint density at radius 3 is 2.61 bits per heavy atom. The van der Waals surface area contributed by atoms with E-state index in [0.717, 1.165) is 49.6 Å². The highest BCUT2D eigenvalue weighted by Gasteiger charge is 2.33. The van der Waals surface area contributed by atoms with E-state index < -0.39 is 0 Å². The first kappa shape index (κ1) is 19.4. The Kier molecular flexibility index (Phi) is 5.17. The van der Waals surface area contributed by atoms with E-state index in [9.17, 15) is 0 Å². The maximum Gasteiger partial charge on any atom is 0.136 e. The zero-order valence-electron chi connectivity index (χ0n) is 18.0. The van der Waals surface area contributed by atoms with E-state index in [1.54, 1.807) is 7.11 Å². The number of hydrogen-bond acceptors (Lipinski definition) is 5. The fourth-order valence-corrected chi connectivity index (χ4v) is 4.50. The van der Waals surface area contributed by atoms with Crippen LogP contribution in [-0.4, -0.2) is 33.2 Å². The summed E-state index contributed by atoms with van der Waals surface area (Å²) in [5.74, 6) is 3.09. The molecule has 0 N–H and O–H groups in total. The third kappa shape index (κ3) is 3.54. The van der Waals surface area contributed by atoms with Crippen LogP contribution < -0.4 is 4.90 Å². The molecule has 2 aliphatic rings. The molecule has 0 unspecified atom stereocenters. The van der Waals surface area contributed by atoms with Crippen molar-refractivity contribution in [2.45, 2.75) is 77.4 Å². The molecule has 0 bridgehead atoms. The molecule has 6 nitrogen and oxygen atoms in total. The minimum absolute atomic E-state index is 0.101. The lowest BCUT2D eigenvalue weighted by atomic mass is 9.95. The smallest absolute Gasteiger partial charge is 0.136 e. The van der Waals surface area contributed by atoms with Gasteiger partial charge in [0.15, 0.2) is 0 Å². The molecule has 3 heterocycles. The lowest BCUT2D eigenvalue weighted by Crippen LogP contribution is -2.28. The van der Waals surface area contributed by atoms with Gasteiger partial charge in [-0.15, -0.1) is 0 Å². The van der Waals surface area contributed by atoms with Crippen LogP contribution in [0.2, 0.25) is 0 Å². The molecule has 152 valence electrons. The molecule has 0 radical (unpaired) electrons. The summed E-state index contributed by atoms with van der Waals surface area (Å²) >= 11 is 0. The summed E-state index contributed by atoms with van der Waals surface area (Å²) in [7, 11) is 3.91. The fraction of sp³-hybridized carbons (Fsp3) is 0.682. The van der Waals surface area contributed by atoms with Gasteiger partial charge in [-0.1, -0.05) is 20.8 Å². The summed E-state index contributed by atoms with van der Waals surface area (Å²) in [4.78, 5) is 17.3. The molecular weight excluding hydrogens is 350 g/mol. The van der Waals surface area contributed by atoms with E-state index in [1.165, 1.54) is 30.1 Å². The largest absolute Gasteiger partial charge is 0.378 e. The molecular formula is C22H33N5O.